The molecule has 1 aromatic rings. The molecule has 0 atom stereocenters. The van der Waals surface area contributed by atoms with Crippen molar-refractivity contribution in [3.05, 3.63) is 54.5 Å². The zero-order valence-corrected chi connectivity index (χ0v) is 9.47. The van der Waals surface area contributed by atoms with Crippen LogP contribution in [-0.2, 0) is 6.54 Å². The molecule has 2 radical (unpaired) electrons. The summed E-state index contributed by atoms with van der Waals surface area (Å²) in [6, 6.07) is 7.68. The Labute approximate surface area is 96.0 Å². The molecule has 1 aromatic carbocycles. The lowest BCUT2D eigenvalue weighted by molar-refractivity contribution is 0.101. The first kappa shape index (κ1) is 10.7. The minimum absolute atomic E-state index is 0.102. The van der Waals surface area contributed by atoms with E-state index in [-0.39, 0.29) is 5.78 Å². The van der Waals surface area contributed by atoms with E-state index in [1.807, 2.05) is 53.5 Å². The summed E-state index contributed by atoms with van der Waals surface area (Å²) in [4.78, 5) is 15.0. The van der Waals surface area contributed by atoms with Crippen LogP contribution in [0.5, 0.6) is 0 Å². The Morgan fingerprint density at radius 3 is 2.44 bits per heavy atom. The summed E-state index contributed by atoms with van der Waals surface area (Å²) < 4.78 is 0. The van der Waals surface area contributed by atoms with Gasteiger partial charge in [0.1, 0.15) is 0 Å². The van der Waals surface area contributed by atoms with Crippen LogP contribution in [0.1, 0.15) is 22.8 Å². The van der Waals surface area contributed by atoms with Crippen molar-refractivity contribution in [3.63, 3.8) is 0 Å². The number of carbonyl (C=O) groups excluding carboxylic acids is 1. The zero-order chi connectivity index (χ0) is 11.5. The van der Waals surface area contributed by atoms with E-state index in [1.165, 1.54) is 0 Å². The molecule has 3 heteroatoms. The van der Waals surface area contributed by atoms with E-state index in [9.17, 15) is 4.79 Å². The van der Waals surface area contributed by atoms with E-state index >= 15 is 0 Å². The molecule has 0 saturated carbocycles. The van der Waals surface area contributed by atoms with Gasteiger partial charge in [0.2, 0.25) is 6.67 Å². The maximum atomic E-state index is 11.1. The number of benzene rings is 1. The molecular formula is C13H14N2O. The van der Waals surface area contributed by atoms with E-state index in [1.54, 1.807) is 6.92 Å². The van der Waals surface area contributed by atoms with Gasteiger partial charge in [-0.3, -0.25) is 4.79 Å². The molecule has 3 nitrogen and oxygen atoms in total. The van der Waals surface area contributed by atoms with Gasteiger partial charge in [-0.25, -0.2) is 0 Å². The van der Waals surface area contributed by atoms with Gasteiger partial charge < -0.3 is 9.80 Å². The topological polar surface area (TPSA) is 23.6 Å². The smallest absolute Gasteiger partial charge is 0.207 e. The van der Waals surface area contributed by atoms with Gasteiger partial charge in [0.15, 0.2) is 5.78 Å². The van der Waals surface area contributed by atoms with Crippen molar-refractivity contribution in [2.24, 2.45) is 0 Å². The summed E-state index contributed by atoms with van der Waals surface area (Å²) in [5, 5.41) is 0. The molecule has 0 fully saturated rings. The molecule has 0 aromatic heterocycles. The van der Waals surface area contributed by atoms with E-state index < -0.39 is 0 Å². The molecule has 0 N–H and O–H groups in total. The number of rotatable bonds is 3. The van der Waals surface area contributed by atoms with Crippen molar-refractivity contribution in [2.75, 3.05) is 7.05 Å². The van der Waals surface area contributed by atoms with E-state index in [2.05, 4.69) is 6.67 Å². The third-order valence-electron chi connectivity index (χ3n) is 2.47. The van der Waals surface area contributed by atoms with Gasteiger partial charge in [0.25, 0.3) is 0 Å². The van der Waals surface area contributed by atoms with Crippen LogP contribution >= 0.6 is 0 Å². The number of ketones is 1. The molecular weight excluding hydrogens is 200 g/mol. The minimum atomic E-state index is 0.102. The zero-order valence-electron chi connectivity index (χ0n) is 9.47. The predicted octanol–water partition coefficient (Wildman–Crippen LogP) is 2.10. The third kappa shape index (κ3) is 2.42. The summed E-state index contributed by atoms with van der Waals surface area (Å²) in [5.74, 6) is 0.102. The first-order chi connectivity index (χ1) is 7.65. The van der Waals surface area contributed by atoms with Crippen LogP contribution in [0.3, 0.4) is 0 Å². The standard InChI is InChI=1S/C13H14N2O/c1-11(16)13-5-3-12(4-6-13)9-15-8-7-14(2)10-15/h3-8H,9H2,1-2H3. The molecule has 0 bridgehead atoms. The van der Waals surface area contributed by atoms with Crippen LogP contribution in [0, 0.1) is 6.67 Å². The number of carbonyl (C=O) groups is 1. The van der Waals surface area contributed by atoms with Crippen LogP contribution in [0.4, 0.5) is 0 Å². The van der Waals surface area contributed by atoms with Gasteiger partial charge in [-0.1, -0.05) is 24.3 Å². The summed E-state index contributed by atoms with van der Waals surface area (Å²) >= 11 is 0. The largest absolute Gasteiger partial charge is 0.349 e. The molecule has 0 aliphatic carbocycles. The fraction of sp³-hybridized carbons (Fsp3) is 0.231. The molecule has 0 spiro atoms. The number of hydrogen-bond donors (Lipinski definition) is 0. The number of nitrogens with zero attached hydrogens (tertiary/aromatic N) is 2. The highest BCUT2D eigenvalue weighted by atomic mass is 16.1. The molecule has 1 heterocycles. The SMILES string of the molecule is CC(=O)c1ccc(CN2[C]N(C)C=C2)cc1. The monoisotopic (exact) mass is 214 g/mol. The van der Waals surface area contributed by atoms with Crippen molar-refractivity contribution in [3.8, 4) is 0 Å². The fourth-order valence-electron chi connectivity index (χ4n) is 1.58. The highest BCUT2D eigenvalue weighted by Gasteiger charge is 2.11. The Bertz CT molecular complexity index is 408. The Hall–Kier alpha value is -1.77. The third-order valence-corrected chi connectivity index (χ3v) is 2.47. The average molecular weight is 214 g/mol. The molecule has 82 valence electrons. The van der Waals surface area contributed by atoms with E-state index in [0.717, 1.165) is 17.7 Å². The van der Waals surface area contributed by atoms with Crippen molar-refractivity contribution in [1.82, 2.24) is 9.80 Å². The van der Waals surface area contributed by atoms with Gasteiger partial charge in [-0.05, 0) is 12.5 Å². The molecule has 2 rings (SSSR count). The summed E-state index contributed by atoms with van der Waals surface area (Å²) in [5.41, 5.74) is 1.92. The minimum Gasteiger partial charge on any atom is -0.349 e. The van der Waals surface area contributed by atoms with Crippen LogP contribution in [0.2, 0.25) is 0 Å². The van der Waals surface area contributed by atoms with Gasteiger partial charge in [0.05, 0.1) is 0 Å². The second-order valence-corrected chi connectivity index (χ2v) is 3.89. The van der Waals surface area contributed by atoms with Crippen molar-refractivity contribution in [1.29, 1.82) is 0 Å². The Balaban J connectivity index is 2.00. The average Bonchev–Trinajstić information content (AvgIpc) is 2.65. The van der Waals surface area contributed by atoms with E-state index in [0.29, 0.717) is 0 Å². The highest BCUT2D eigenvalue weighted by molar-refractivity contribution is 5.93. The van der Waals surface area contributed by atoms with Crippen molar-refractivity contribution < 1.29 is 4.79 Å². The highest BCUT2D eigenvalue weighted by Crippen LogP contribution is 2.14. The lowest BCUT2D eigenvalue weighted by Gasteiger charge is -2.15. The van der Waals surface area contributed by atoms with Crippen molar-refractivity contribution >= 4 is 5.78 Å². The molecule has 1 aliphatic rings. The second kappa shape index (κ2) is 4.39. The normalized spacial score (nSPS) is 14.6. The predicted molar refractivity (Wildman–Crippen MR) is 62.1 cm³/mol. The molecule has 0 saturated heterocycles. The Morgan fingerprint density at radius 2 is 1.94 bits per heavy atom. The quantitative estimate of drug-likeness (QED) is 0.720. The van der Waals surface area contributed by atoms with Crippen LogP contribution in [-0.4, -0.2) is 22.6 Å². The Kier molecular flexibility index (Phi) is 2.95. The maximum Gasteiger partial charge on any atom is 0.207 e. The molecule has 0 amide bonds. The molecule has 0 unspecified atom stereocenters. The first-order valence-electron chi connectivity index (χ1n) is 5.19. The first-order valence-corrected chi connectivity index (χ1v) is 5.19. The lowest BCUT2D eigenvalue weighted by atomic mass is 10.1. The van der Waals surface area contributed by atoms with Gasteiger partial charge >= 0.3 is 0 Å². The fourth-order valence-corrected chi connectivity index (χ4v) is 1.58. The summed E-state index contributed by atoms with van der Waals surface area (Å²) in [6.45, 7) is 5.48. The summed E-state index contributed by atoms with van der Waals surface area (Å²) in [7, 11) is 1.94. The van der Waals surface area contributed by atoms with Crippen LogP contribution in [0.25, 0.3) is 0 Å². The number of Topliss-reactive ketones (excluding diaryl/α,β-unsaturated/α-hetero) is 1. The Morgan fingerprint density at radius 1 is 1.25 bits per heavy atom. The van der Waals surface area contributed by atoms with Crippen molar-refractivity contribution in [2.45, 2.75) is 13.5 Å². The van der Waals surface area contributed by atoms with Gasteiger partial charge in [-0.2, -0.15) is 0 Å². The molecule has 16 heavy (non-hydrogen) atoms. The lowest BCUT2D eigenvalue weighted by Crippen LogP contribution is -2.15. The van der Waals surface area contributed by atoms with Crippen LogP contribution < -0.4 is 0 Å². The van der Waals surface area contributed by atoms with Gasteiger partial charge in [-0.15, -0.1) is 0 Å². The second-order valence-electron chi connectivity index (χ2n) is 3.89. The molecule has 1 aliphatic heterocycles. The van der Waals surface area contributed by atoms with E-state index in [4.69, 9.17) is 0 Å². The maximum absolute atomic E-state index is 11.1. The van der Waals surface area contributed by atoms with Crippen LogP contribution in [0.15, 0.2) is 36.7 Å². The summed E-state index contributed by atoms with van der Waals surface area (Å²) in [6.07, 6.45) is 3.92. The number of hydrogen-bond acceptors (Lipinski definition) is 3. The van der Waals surface area contributed by atoms with Gasteiger partial charge in [0, 0.05) is 31.6 Å².